The predicted molar refractivity (Wildman–Crippen MR) is 171 cm³/mol. The fourth-order valence-electron chi connectivity index (χ4n) is 6.96. The van der Waals surface area contributed by atoms with Crippen LogP contribution in [0.5, 0.6) is 0 Å². The first kappa shape index (κ1) is 29.6. The Kier molecular flexibility index (Phi) is 7.93. The van der Waals surface area contributed by atoms with E-state index in [-0.39, 0.29) is 30.0 Å². The van der Waals surface area contributed by atoms with Crippen molar-refractivity contribution in [2.24, 2.45) is 0 Å². The number of pyridine rings is 1. The summed E-state index contributed by atoms with van der Waals surface area (Å²) in [4.78, 5) is 65.6. The molecule has 0 saturated carbocycles. The van der Waals surface area contributed by atoms with E-state index >= 15 is 0 Å². The molecule has 0 radical (unpaired) electrons. The maximum Gasteiger partial charge on any atom is 0.417 e. The zero-order valence-corrected chi connectivity index (χ0v) is 25.6. The Labute approximate surface area is 264 Å². The zero-order valence-electron chi connectivity index (χ0n) is 25.6. The number of nitrogens with one attached hydrogen (secondary N) is 2. The summed E-state index contributed by atoms with van der Waals surface area (Å²) in [7, 11) is 0. The van der Waals surface area contributed by atoms with Gasteiger partial charge in [0.25, 0.3) is 5.91 Å². The number of piperidine rings is 2. The van der Waals surface area contributed by atoms with Crippen molar-refractivity contribution in [3.63, 3.8) is 0 Å². The summed E-state index contributed by atoms with van der Waals surface area (Å²) in [5.41, 5.74) is 4.99. The molecule has 12 nitrogen and oxygen atoms in total. The Morgan fingerprint density at radius 2 is 1.70 bits per heavy atom. The number of carbonyl (C=O) groups is 2. The van der Waals surface area contributed by atoms with Gasteiger partial charge in [0.05, 0.1) is 16.6 Å². The number of imidazole rings is 1. The van der Waals surface area contributed by atoms with Gasteiger partial charge in [-0.15, -0.1) is 0 Å². The number of ether oxygens (including phenoxy) is 1. The third kappa shape index (κ3) is 5.82. The van der Waals surface area contributed by atoms with Crippen molar-refractivity contribution in [1.29, 1.82) is 0 Å². The molecule has 2 aliphatic heterocycles. The Balaban J connectivity index is 1.07. The lowest BCUT2D eigenvalue weighted by Gasteiger charge is -2.35. The zero-order chi connectivity index (χ0) is 31.8. The van der Waals surface area contributed by atoms with Gasteiger partial charge in [-0.2, -0.15) is 0 Å². The number of para-hydroxylation sites is 2. The summed E-state index contributed by atoms with van der Waals surface area (Å²) in [6.07, 6.45) is 3.01. The van der Waals surface area contributed by atoms with Gasteiger partial charge in [0, 0.05) is 56.5 Å². The number of likely N-dealkylation sites (tertiary alicyclic amines) is 2. The number of benzene rings is 2. The summed E-state index contributed by atoms with van der Waals surface area (Å²) in [6, 6.07) is 17.0. The molecule has 5 heterocycles. The van der Waals surface area contributed by atoms with Gasteiger partial charge in [-0.1, -0.05) is 24.3 Å². The highest BCUT2D eigenvalue weighted by Gasteiger charge is 2.34. The number of aromatic amines is 2. The van der Waals surface area contributed by atoms with E-state index in [1.165, 1.54) is 0 Å². The van der Waals surface area contributed by atoms with Crippen molar-refractivity contribution < 1.29 is 18.7 Å². The standard InChI is InChI=1S/C34H36N6O6/c1-21-18-22(19-28-30(21)37-33(43)45-28)20-29(31(41)38-14-9-23(10-15-38)25-6-4-5-13-35-25)46-34(44)39-16-11-24(12-17-39)40-27-8-3-2-7-26(27)36-32(40)42/h2-8,13,18-19,23-24,29H,9-12,14-17,20H2,1H3,(H,36,42)(H,37,43). The second kappa shape index (κ2) is 12.3. The Morgan fingerprint density at radius 3 is 2.46 bits per heavy atom. The van der Waals surface area contributed by atoms with E-state index in [4.69, 9.17) is 9.15 Å². The number of hydrogen-bond donors (Lipinski definition) is 2. The second-order valence-corrected chi connectivity index (χ2v) is 12.3. The molecular weight excluding hydrogens is 588 g/mol. The molecule has 12 heteroatoms. The molecule has 1 atom stereocenters. The largest absolute Gasteiger partial charge is 0.436 e. The van der Waals surface area contributed by atoms with Crippen molar-refractivity contribution in [3.8, 4) is 0 Å². The van der Waals surface area contributed by atoms with Crippen LogP contribution in [-0.2, 0) is 16.0 Å². The molecule has 7 rings (SSSR count). The van der Waals surface area contributed by atoms with Crippen molar-refractivity contribution >= 4 is 34.1 Å². The summed E-state index contributed by atoms with van der Waals surface area (Å²) in [5.74, 6) is -0.538. The lowest BCUT2D eigenvalue weighted by Crippen LogP contribution is -2.48. The number of aryl methyl sites for hydroxylation is 1. The molecule has 1 unspecified atom stereocenters. The molecule has 0 aliphatic carbocycles. The van der Waals surface area contributed by atoms with Gasteiger partial charge < -0.3 is 23.9 Å². The quantitative estimate of drug-likeness (QED) is 0.287. The number of fused-ring (bicyclic) bond motifs is 2. The van der Waals surface area contributed by atoms with Crippen LogP contribution in [-0.4, -0.2) is 73.6 Å². The van der Waals surface area contributed by atoms with Crippen LogP contribution in [0.3, 0.4) is 0 Å². The molecule has 0 spiro atoms. The maximum atomic E-state index is 14.0. The Bertz CT molecular complexity index is 1990. The molecule has 2 saturated heterocycles. The third-order valence-corrected chi connectivity index (χ3v) is 9.35. The maximum absolute atomic E-state index is 14.0. The normalized spacial score (nSPS) is 17.1. The summed E-state index contributed by atoms with van der Waals surface area (Å²) in [5, 5.41) is 0. The van der Waals surface area contributed by atoms with Gasteiger partial charge >= 0.3 is 17.5 Å². The average molecular weight is 625 g/mol. The summed E-state index contributed by atoms with van der Waals surface area (Å²) >= 11 is 0. The Hall–Kier alpha value is -5.13. The minimum Gasteiger partial charge on any atom is -0.436 e. The van der Waals surface area contributed by atoms with E-state index < -0.39 is 18.0 Å². The van der Waals surface area contributed by atoms with Gasteiger partial charge in [0.15, 0.2) is 11.7 Å². The lowest BCUT2D eigenvalue weighted by molar-refractivity contribution is -0.142. The number of nitrogens with zero attached hydrogens (tertiary/aromatic N) is 4. The number of amides is 2. The minimum absolute atomic E-state index is 0.0590. The summed E-state index contributed by atoms with van der Waals surface area (Å²) < 4.78 is 13.1. The number of aromatic nitrogens is 4. The van der Waals surface area contributed by atoms with Gasteiger partial charge in [-0.3, -0.25) is 19.3 Å². The monoisotopic (exact) mass is 624 g/mol. The van der Waals surface area contributed by atoms with Gasteiger partial charge in [-0.25, -0.2) is 14.4 Å². The van der Waals surface area contributed by atoms with Gasteiger partial charge in [0.2, 0.25) is 0 Å². The van der Waals surface area contributed by atoms with E-state index in [1.807, 2.05) is 55.5 Å². The first-order chi connectivity index (χ1) is 22.3. The second-order valence-electron chi connectivity index (χ2n) is 12.3. The fourth-order valence-corrected chi connectivity index (χ4v) is 6.96. The highest BCUT2D eigenvalue weighted by atomic mass is 16.6. The topological polar surface area (TPSA) is 147 Å². The van der Waals surface area contributed by atoms with Crippen LogP contribution in [0.15, 0.2) is 74.8 Å². The molecule has 2 aliphatic rings. The van der Waals surface area contributed by atoms with Gasteiger partial charge in [-0.05, 0) is 74.1 Å². The molecule has 238 valence electrons. The average Bonchev–Trinajstić information content (AvgIpc) is 3.63. The third-order valence-electron chi connectivity index (χ3n) is 9.35. The van der Waals surface area contributed by atoms with E-state index in [0.29, 0.717) is 50.1 Å². The van der Waals surface area contributed by atoms with Crippen LogP contribution in [0.4, 0.5) is 4.79 Å². The molecule has 5 aromatic rings. The first-order valence-electron chi connectivity index (χ1n) is 15.8. The molecule has 3 aromatic heterocycles. The predicted octanol–water partition coefficient (Wildman–Crippen LogP) is 4.26. The van der Waals surface area contributed by atoms with Crippen molar-refractivity contribution in [1.82, 2.24) is 29.3 Å². The Morgan fingerprint density at radius 1 is 0.957 bits per heavy atom. The number of hydrogen-bond acceptors (Lipinski definition) is 7. The van der Waals surface area contributed by atoms with E-state index in [0.717, 1.165) is 40.7 Å². The number of rotatable bonds is 6. The first-order valence-corrected chi connectivity index (χ1v) is 15.8. The van der Waals surface area contributed by atoms with Crippen LogP contribution in [0.2, 0.25) is 0 Å². The van der Waals surface area contributed by atoms with E-state index in [1.54, 1.807) is 26.6 Å². The minimum atomic E-state index is -1.06. The van der Waals surface area contributed by atoms with E-state index in [2.05, 4.69) is 15.0 Å². The molecule has 46 heavy (non-hydrogen) atoms. The highest BCUT2D eigenvalue weighted by molar-refractivity contribution is 5.84. The van der Waals surface area contributed by atoms with Crippen LogP contribution in [0.25, 0.3) is 22.1 Å². The van der Waals surface area contributed by atoms with E-state index in [9.17, 15) is 19.2 Å². The highest BCUT2D eigenvalue weighted by Crippen LogP contribution is 2.29. The van der Waals surface area contributed by atoms with Crippen molar-refractivity contribution in [2.45, 2.75) is 57.1 Å². The van der Waals surface area contributed by atoms with Crippen molar-refractivity contribution in [2.75, 3.05) is 26.2 Å². The van der Waals surface area contributed by atoms with Crippen LogP contribution in [0, 0.1) is 6.92 Å². The van der Waals surface area contributed by atoms with Gasteiger partial charge in [0.1, 0.15) is 0 Å². The molecular formula is C34H36N6O6. The molecule has 2 fully saturated rings. The number of carbonyl (C=O) groups excluding carboxylic acids is 2. The SMILES string of the molecule is Cc1cc(CC(OC(=O)N2CCC(n3c(=O)[nH]c4ccccc43)CC2)C(=O)N2CCC(c3ccccn3)CC2)cc2oc(=O)[nH]c12. The molecule has 2 N–H and O–H groups in total. The molecule has 2 aromatic carbocycles. The lowest BCUT2D eigenvalue weighted by atomic mass is 9.92. The molecule has 2 amide bonds. The smallest absolute Gasteiger partial charge is 0.417 e. The summed E-state index contributed by atoms with van der Waals surface area (Å²) in [6.45, 7) is 3.70. The van der Waals surface area contributed by atoms with Crippen LogP contribution in [0.1, 0.15) is 54.5 Å². The van der Waals surface area contributed by atoms with Crippen molar-refractivity contribution in [3.05, 3.63) is 98.6 Å². The number of H-pyrrole nitrogens is 2. The number of oxazole rings is 1. The van der Waals surface area contributed by atoms with Crippen LogP contribution < -0.4 is 11.4 Å². The molecule has 0 bridgehead atoms. The fraction of sp³-hybridized carbons (Fsp3) is 0.382. The van der Waals surface area contributed by atoms with Crippen LogP contribution >= 0.6 is 0 Å².